The fraction of sp³-hybridized carbons (Fsp3) is 1.00. The average molecular weight is 306 g/mol. The highest BCUT2D eigenvalue weighted by Gasteiger charge is 2.48. The van der Waals surface area contributed by atoms with Crippen LogP contribution >= 0.6 is 0 Å². The summed E-state index contributed by atoms with van der Waals surface area (Å²) in [5.41, 5.74) is 6.35. The van der Waals surface area contributed by atoms with Gasteiger partial charge < -0.3 is 10.5 Å². The molecule has 22 heavy (non-hydrogen) atoms. The lowest BCUT2D eigenvalue weighted by molar-refractivity contribution is -0.0657. The van der Waals surface area contributed by atoms with Gasteiger partial charge in [-0.1, -0.05) is 32.1 Å². The van der Waals surface area contributed by atoms with Gasteiger partial charge in [-0.3, -0.25) is 0 Å². The molecule has 0 aromatic carbocycles. The number of hydrogen-bond donors (Lipinski definition) is 1. The number of nitrogens with two attached hydrogens (primary N) is 1. The molecule has 5 aliphatic carbocycles. The summed E-state index contributed by atoms with van der Waals surface area (Å²) in [4.78, 5) is 0. The first-order valence-electron chi connectivity index (χ1n) is 10.1. The summed E-state index contributed by atoms with van der Waals surface area (Å²) in [5.74, 6) is 5.93. The molecule has 0 aromatic rings. The molecule has 5 fully saturated rings. The van der Waals surface area contributed by atoms with Gasteiger partial charge in [0.25, 0.3) is 0 Å². The van der Waals surface area contributed by atoms with E-state index in [0.717, 1.165) is 48.5 Å². The average Bonchev–Trinajstić information content (AvgIpc) is 2.51. The summed E-state index contributed by atoms with van der Waals surface area (Å²) in [6.07, 6.45) is 17.1. The summed E-state index contributed by atoms with van der Waals surface area (Å²) >= 11 is 0. The topological polar surface area (TPSA) is 35.2 Å². The van der Waals surface area contributed by atoms with Gasteiger partial charge in [0.1, 0.15) is 6.23 Å². The van der Waals surface area contributed by atoms with Crippen LogP contribution in [0.2, 0.25) is 0 Å². The molecule has 2 heteroatoms. The van der Waals surface area contributed by atoms with Gasteiger partial charge in [0.15, 0.2) is 0 Å². The summed E-state index contributed by atoms with van der Waals surface area (Å²) < 4.78 is 6.03. The molecular formula is C20H35NO. The summed E-state index contributed by atoms with van der Waals surface area (Å²) in [6, 6.07) is 0. The van der Waals surface area contributed by atoms with Crippen molar-refractivity contribution in [2.75, 3.05) is 6.61 Å². The van der Waals surface area contributed by atoms with Crippen LogP contribution in [0.5, 0.6) is 0 Å². The Morgan fingerprint density at radius 3 is 2.14 bits per heavy atom. The molecule has 1 unspecified atom stereocenters. The molecule has 0 spiro atoms. The van der Waals surface area contributed by atoms with Crippen LogP contribution < -0.4 is 5.73 Å². The summed E-state index contributed by atoms with van der Waals surface area (Å²) in [5, 5.41) is 0. The number of hydrogen-bond acceptors (Lipinski definition) is 2. The van der Waals surface area contributed by atoms with E-state index in [1.807, 2.05) is 0 Å². The fourth-order valence-corrected chi connectivity index (χ4v) is 6.62. The van der Waals surface area contributed by atoms with E-state index in [-0.39, 0.29) is 6.23 Å². The third kappa shape index (κ3) is 3.38. The molecule has 5 aliphatic rings. The quantitative estimate of drug-likeness (QED) is 0.721. The van der Waals surface area contributed by atoms with Crippen LogP contribution in [0.25, 0.3) is 0 Å². The molecule has 126 valence electrons. The zero-order valence-electron chi connectivity index (χ0n) is 14.2. The van der Waals surface area contributed by atoms with Crippen molar-refractivity contribution in [2.24, 2.45) is 41.2 Å². The van der Waals surface area contributed by atoms with Crippen molar-refractivity contribution in [3.63, 3.8) is 0 Å². The molecule has 0 amide bonds. The van der Waals surface area contributed by atoms with E-state index in [0.29, 0.717) is 0 Å². The van der Waals surface area contributed by atoms with Crippen molar-refractivity contribution in [3.05, 3.63) is 0 Å². The van der Waals surface area contributed by atoms with E-state index >= 15 is 0 Å². The van der Waals surface area contributed by atoms with Gasteiger partial charge in [0.05, 0.1) is 0 Å². The lowest BCUT2D eigenvalue weighted by Crippen LogP contribution is -2.47. The molecule has 2 N–H and O–H groups in total. The first-order chi connectivity index (χ1) is 10.8. The fourth-order valence-electron chi connectivity index (χ4n) is 6.62. The molecule has 0 aromatic heterocycles. The molecule has 0 radical (unpaired) electrons. The maximum Gasteiger partial charge on any atom is 0.105 e. The second-order valence-electron chi connectivity index (χ2n) is 9.03. The van der Waals surface area contributed by atoms with Gasteiger partial charge in [-0.05, 0) is 80.5 Å². The Labute approximate surface area is 136 Å². The SMILES string of the molecule is NC(CC1C2CC3CC(C2)CC1C3)OCCC1CCCCC1. The Morgan fingerprint density at radius 2 is 1.50 bits per heavy atom. The maximum absolute atomic E-state index is 6.35. The molecule has 0 saturated heterocycles. The molecule has 0 heterocycles. The van der Waals surface area contributed by atoms with Crippen molar-refractivity contribution >= 4 is 0 Å². The van der Waals surface area contributed by atoms with Crippen molar-refractivity contribution in [1.29, 1.82) is 0 Å². The first-order valence-corrected chi connectivity index (χ1v) is 10.1. The standard InChI is InChI=1S/C20H35NO/c21-20(22-7-6-14-4-2-1-3-5-14)13-19-17-9-15-8-16(11-17)12-18(19)10-15/h14-20H,1-13,21H2. The number of rotatable bonds is 6. The van der Waals surface area contributed by atoms with Crippen LogP contribution in [-0.4, -0.2) is 12.8 Å². The maximum atomic E-state index is 6.35. The Bertz CT molecular complexity index is 335. The lowest BCUT2D eigenvalue weighted by Gasteiger charge is -2.55. The van der Waals surface area contributed by atoms with E-state index in [1.165, 1.54) is 64.2 Å². The Balaban J connectivity index is 1.20. The minimum atomic E-state index is 0.00566. The zero-order chi connectivity index (χ0) is 14.9. The number of ether oxygens (including phenoxy) is 1. The molecule has 4 bridgehead atoms. The zero-order valence-corrected chi connectivity index (χ0v) is 14.2. The van der Waals surface area contributed by atoms with E-state index < -0.39 is 0 Å². The van der Waals surface area contributed by atoms with E-state index in [4.69, 9.17) is 10.5 Å². The van der Waals surface area contributed by atoms with E-state index in [9.17, 15) is 0 Å². The Hall–Kier alpha value is -0.0800. The second-order valence-corrected chi connectivity index (χ2v) is 9.03. The molecule has 0 aliphatic heterocycles. The van der Waals surface area contributed by atoms with Crippen molar-refractivity contribution in [3.8, 4) is 0 Å². The van der Waals surface area contributed by atoms with Crippen LogP contribution in [0.1, 0.15) is 77.0 Å². The lowest BCUT2D eigenvalue weighted by atomic mass is 9.51. The van der Waals surface area contributed by atoms with Gasteiger partial charge in [0.2, 0.25) is 0 Å². The van der Waals surface area contributed by atoms with E-state index in [1.54, 1.807) is 6.42 Å². The minimum absolute atomic E-state index is 0.00566. The highest BCUT2D eigenvalue weighted by atomic mass is 16.5. The molecule has 2 nitrogen and oxygen atoms in total. The van der Waals surface area contributed by atoms with Crippen LogP contribution in [-0.2, 0) is 4.74 Å². The molecule has 5 rings (SSSR count). The van der Waals surface area contributed by atoms with Gasteiger partial charge in [-0.15, -0.1) is 0 Å². The largest absolute Gasteiger partial charge is 0.364 e. The summed E-state index contributed by atoms with van der Waals surface area (Å²) in [7, 11) is 0. The predicted molar refractivity (Wildman–Crippen MR) is 90.3 cm³/mol. The van der Waals surface area contributed by atoms with E-state index in [2.05, 4.69) is 0 Å². The molecule has 1 atom stereocenters. The predicted octanol–water partition coefficient (Wildman–Crippen LogP) is 4.72. The highest BCUT2D eigenvalue weighted by Crippen LogP contribution is 2.57. The van der Waals surface area contributed by atoms with Gasteiger partial charge in [-0.25, -0.2) is 0 Å². The summed E-state index contributed by atoms with van der Waals surface area (Å²) in [6.45, 7) is 0.902. The van der Waals surface area contributed by atoms with Crippen LogP contribution in [0.15, 0.2) is 0 Å². The third-order valence-electron chi connectivity index (χ3n) is 7.51. The normalized spacial score (nSPS) is 42.7. The third-order valence-corrected chi connectivity index (χ3v) is 7.51. The van der Waals surface area contributed by atoms with Crippen molar-refractivity contribution in [1.82, 2.24) is 0 Å². The Kier molecular flexibility index (Phi) is 4.78. The van der Waals surface area contributed by atoms with Gasteiger partial charge in [0, 0.05) is 6.61 Å². The van der Waals surface area contributed by atoms with Crippen molar-refractivity contribution in [2.45, 2.75) is 83.3 Å². The molecule has 5 saturated carbocycles. The monoisotopic (exact) mass is 305 g/mol. The van der Waals surface area contributed by atoms with Gasteiger partial charge in [-0.2, -0.15) is 0 Å². The highest BCUT2D eigenvalue weighted by molar-refractivity contribution is 4.98. The van der Waals surface area contributed by atoms with Crippen LogP contribution in [0.3, 0.4) is 0 Å². The first kappa shape index (κ1) is 15.4. The molecular weight excluding hydrogens is 270 g/mol. The smallest absolute Gasteiger partial charge is 0.105 e. The van der Waals surface area contributed by atoms with Gasteiger partial charge >= 0.3 is 0 Å². The Morgan fingerprint density at radius 1 is 0.864 bits per heavy atom. The minimum Gasteiger partial charge on any atom is -0.364 e. The van der Waals surface area contributed by atoms with Crippen LogP contribution in [0.4, 0.5) is 0 Å². The van der Waals surface area contributed by atoms with Crippen LogP contribution in [0, 0.1) is 35.5 Å². The van der Waals surface area contributed by atoms with Crippen molar-refractivity contribution < 1.29 is 4.74 Å². The second kappa shape index (κ2) is 6.81.